The highest BCUT2D eigenvalue weighted by Gasteiger charge is 2.54. The van der Waals surface area contributed by atoms with Gasteiger partial charge in [-0.25, -0.2) is 31.9 Å². The maximum absolute atomic E-state index is 14.8. The molecule has 0 saturated heterocycles. The van der Waals surface area contributed by atoms with E-state index in [4.69, 9.17) is 4.74 Å². The molecule has 2 aromatic heterocycles. The third-order valence-electron chi connectivity index (χ3n) is 6.35. The third kappa shape index (κ3) is 4.05. The zero-order valence-electron chi connectivity index (χ0n) is 18.9. The molecule has 0 spiro atoms. The molecule has 6 nitrogen and oxygen atoms in total. The fraction of sp³-hybridized carbons (Fsp3) is 0.522. The Morgan fingerprint density at radius 3 is 2.56 bits per heavy atom. The van der Waals surface area contributed by atoms with Gasteiger partial charge in [-0.1, -0.05) is 18.2 Å². The van der Waals surface area contributed by atoms with E-state index in [-0.39, 0.29) is 47.7 Å². The van der Waals surface area contributed by atoms with Crippen molar-refractivity contribution < 1.29 is 26.7 Å². The summed E-state index contributed by atoms with van der Waals surface area (Å²) in [6, 6.07) is -0.702. The minimum atomic E-state index is -2.93. The molecule has 0 amide bonds. The molecule has 0 aliphatic heterocycles. The lowest BCUT2D eigenvalue weighted by Crippen LogP contribution is -2.37. The fourth-order valence-electron chi connectivity index (χ4n) is 4.31. The molecular formula is C23H25F5N4O2. The van der Waals surface area contributed by atoms with Gasteiger partial charge in [0.25, 0.3) is 18.4 Å². The molecule has 1 N–H and O–H groups in total. The number of halogens is 5. The number of fused-ring (bicyclic) bond motifs is 1. The standard InChI is InChI=1S/C23H25F5N4O2/c1-4-34-18-17-15(10-32(21(18)33)23(8-9-23)22(27)28)20(31-12(3)30-17)29-11(2)13-6-5-7-14(16(13)24)19(25)26/h5-7,10-11,13,16,19,22H,4,8-9H2,1-3H3,(H,29,30,31)/t11-,13?,16?/m1/s1. The molecule has 0 bridgehead atoms. The second kappa shape index (κ2) is 8.99. The minimum absolute atomic E-state index is 0.109. The maximum atomic E-state index is 14.8. The van der Waals surface area contributed by atoms with Crippen molar-refractivity contribution in [2.45, 2.75) is 64.2 Å². The van der Waals surface area contributed by atoms with Crippen molar-refractivity contribution in [1.29, 1.82) is 0 Å². The summed E-state index contributed by atoms with van der Waals surface area (Å²) < 4.78 is 75.4. The van der Waals surface area contributed by atoms with Crippen molar-refractivity contribution in [2.24, 2.45) is 5.92 Å². The number of ether oxygens (including phenoxy) is 1. The summed E-state index contributed by atoms with van der Waals surface area (Å²) in [5, 5.41) is 3.27. The third-order valence-corrected chi connectivity index (χ3v) is 6.35. The van der Waals surface area contributed by atoms with Crippen LogP contribution in [0.25, 0.3) is 10.9 Å². The number of aromatic nitrogens is 3. The van der Waals surface area contributed by atoms with Crippen LogP contribution < -0.4 is 15.6 Å². The Kier molecular flexibility index (Phi) is 6.39. The van der Waals surface area contributed by atoms with E-state index in [0.29, 0.717) is 0 Å². The summed E-state index contributed by atoms with van der Waals surface area (Å²) in [6.07, 6.45) is -2.12. The van der Waals surface area contributed by atoms with Gasteiger partial charge in [0.05, 0.1) is 12.0 Å². The van der Waals surface area contributed by atoms with Gasteiger partial charge in [0.2, 0.25) is 5.75 Å². The SMILES string of the molecule is CCOc1c(=O)n(C2(C(F)F)CC2)cc2c(N[C@H](C)C3C=CC=C(C(F)F)C3F)nc(C)nc12. The molecule has 2 aromatic rings. The van der Waals surface area contributed by atoms with Gasteiger partial charge in [-0.2, -0.15) is 0 Å². The summed E-state index contributed by atoms with van der Waals surface area (Å²) in [7, 11) is 0. The predicted molar refractivity (Wildman–Crippen MR) is 118 cm³/mol. The maximum Gasteiger partial charge on any atom is 0.295 e. The second-order valence-corrected chi connectivity index (χ2v) is 8.62. The van der Waals surface area contributed by atoms with E-state index in [9.17, 15) is 26.7 Å². The summed E-state index contributed by atoms with van der Waals surface area (Å²) in [4.78, 5) is 21.7. The van der Waals surface area contributed by atoms with E-state index in [1.54, 1.807) is 20.8 Å². The second-order valence-electron chi connectivity index (χ2n) is 8.62. The molecule has 2 unspecified atom stereocenters. The topological polar surface area (TPSA) is 69.0 Å². The van der Waals surface area contributed by atoms with Crippen molar-refractivity contribution in [3.8, 4) is 5.75 Å². The number of anilines is 1. The number of alkyl halides is 5. The first kappa shape index (κ1) is 24.2. The lowest BCUT2D eigenvalue weighted by molar-refractivity contribution is 0.0649. The average molecular weight is 484 g/mol. The molecule has 34 heavy (non-hydrogen) atoms. The van der Waals surface area contributed by atoms with Crippen molar-refractivity contribution in [2.75, 3.05) is 11.9 Å². The Labute approximate surface area is 192 Å². The van der Waals surface area contributed by atoms with Crippen LogP contribution in [0.3, 0.4) is 0 Å². The molecule has 4 rings (SSSR count). The number of hydrogen-bond donors (Lipinski definition) is 1. The van der Waals surface area contributed by atoms with Crippen molar-refractivity contribution in [1.82, 2.24) is 14.5 Å². The zero-order chi connectivity index (χ0) is 24.8. The molecule has 0 aromatic carbocycles. The number of rotatable bonds is 8. The largest absolute Gasteiger partial charge is 0.487 e. The molecule has 2 heterocycles. The van der Waals surface area contributed by atoms with Crippen molar-refractivity contribution in [3.05, 3.63) is 46.2 Å². The lowest BCUT2D eigenvalue weighted by atomic mass is 9.87. The van der Waals surface area contributed by atoms with E-state index in [0.717, 1.165) is 10.6 Å². The van der Waals surface area contributed by atoms with Crippen molar-refractivity contribution in [3.63, 3.8) is 0 Å². The van der Waals surface area contributed by atoms with Gasteiger partial charge < -0.3 is 10.1 Å². The molecule has 11 heteroatoms. The number of hydrogen-bond acceptors (Lipinski definition) is 5. The van der Waals surface area contributed by atoms with Gasteiger partial charge in [-0.15, -0.1) is 0 Å². The Balaban J connectivity index is 1.81. The summed E-state index contributed by atoms with van der Waals surface area (Å²) in [6.45, 7) is 4.95. The Morgan fingerprint density at radius 2 is 1.97 bits per heavy atom. The van der Waals surface area contributed by atoms with E-state index in [1.165, 1.54) is 18.3 Å². The van der Waals surface area contributed by atoms with Crippen LogP contribution in [-0.2, 0) is 5.54 Å². The molecule has 2 aliphatic rings. The highest BCUT2D eigenvalue weighted by Crippen LogP contribution is 2.48. The number of allylic oxidation sites excluding steroid dienone is 3. The van der Waals surface area contributed by atoms with Crippen LogP contribution in [0.2, 0.25) is 0 Å². The number of nitrogens with zero attached hydrogens (tertiary/aromatic N) is 3. The van der Waals surface area contributed by atoms with Gasteiger partial charge in [0, 0.05) is 23.7 Å². The first-order chi connectivity index (χ1) is 16.1. The average Bonchev–Trinajstić information content (AvgIpc) is 3.57. The first-order valence-electron chi connectivity index (χ1n) is 11.0. The van der Waals surface area contributed by atoms with Crippen molar-refractivity contribution >= 4 is 16.7 Å². The predicted octanol–water partition coefficient (Wildman–Crippen LogP) is 4.77. The van der Waals surface area contributed by atoms with Crippen LogP contribution in [0.5, 0.6) is 5.75 Å². The van der Waals surface area contributed by atoms with E-state index < -0.39 is 47.7 Å². The van der Waals surface area contributed by atoms with Crippen LogP contribution in [0.15, 0.2) is 34.8 Å². The smallest absolute Gasteiger partial charge is 0.295 e. The number of pyridine rings is 1. The monoisotopic (exact) mass is 484 g/mol. The molecule has 3 atom stereocenters. The van der Waals surface area contributed by atoms with Crippen LogP contribution in [0.1, 0.15) is 32.5 Å². The summed E-state index contributed by atoms with van der Waals surface area (Å²) >= 11 is 0. The normalized spacial score (nSPS) is 22.2. The van der Waals surface area contributed by atoms with Gasteiger partial charge in [0.1, 0.15) is 28.9 Å². The summed E-state index contributed by atoms with van der Waals surface area (Å²) in [5.41, 5.74) is -2.81. The van der Waals surface area contributed by atoms with Crippen LogP contribution in [0, 0.1) is 12.8 Å². The van der Waals surface area contributed by atoms with Gasteiger partial charge in [0.15, 0.2) is 0 Å². The van der Waals surface area contributed by atoms with Crippen LogP contribution >= 0.6 is 0 Å². The van der Waals surface area contributed by atoms with E-state index in [1.807, 2.05) is 0 Å². The Hall–Kier alpha value is -2.98. The van der Waals surface area contributed by atoms with E-state index in [2.05, 4.69) is 15.3 Å². The van der Waals surface area contributed by atoms with E-state index >= 15 is 0 Å². The minimum Gasteiger partial charge on any atom is -0.487 e. The molecule has 1 saturated carbocycles. The van der Waals surface area contributed by atoms with Gasteiger partial charge >= 0.3 is 0 Å². The molecule has 1 fully saturated rings. The lowest BCUT2D eigenvalue weighted by Gasteiger charge is -2.29. The van der Waals surface area contributed by atoms with Gasteiger partial charge in [-0.3, -0.25) is 9.36 Å². The summed E-state index contributed by atoms with van der Waals surface area (Å²) in [5.74, 6) is -0.660. The highest BCUT2D eigenvalue weighted by atomic mass is 19.3. The molecule has 184 valence electrons. The Bertz CT molecular complexity index is 1210. The quantitative estimate of drug-likeness (QED) is 0.547. The van der Waals surface area contributed by atoms with Crippen LogP contribution in [0.4, 0.5) is 27.8 Å². The zero-order valence-corrected chi connectivity index (χ0v) is 18.9. The van der Waals surface area contributed by atoms with Crippen LogP contribution in [-0.4, -0.2) is 46.2 Å². The van der Waals surface area contributed by atoms with Gasteiger partial charge in [-0.05, 0) is 33.6 Å². The highest BCUT2D eigenvalue weighted by molar-refractivity contribution is 5.92. The molecular weight excluding hydrogens is 459 g/mol. The molecule has 2 aliphatic carbocycles. The Morgan fingerprint density at radius 1 is 1.26 bits per heavy atom. The molecule has 0 radical (unpaired) electrons. The first-order valence-corrected chi connectivity index (χ1v) is 11.0. The fourth-order valence-corrected chi connectivity index (χ4v) is 4.31. The number of aryl methyl sites for hydroxylation is 1. The number of nitrogens with one attached hydrogen (secondary N) is 1.